The zero-order chi connectivity index (χ0) is 15.4. The Morgan fingerprint density at radius 3 is 2.36 bits per heavy atom. The van der Waals surface area contributed by atoms with Gasteiger partial charge in [-0.3, -0.25) is 19.8 Å². The van der Waals surface area contributed by atoms with Crippen LogP contribution < -0.4 is 5.43 Å². The second-order valence-corrected chi connectivity index (χ2v) is 6.38. The summed E-state index contributed by atoms with van der Waals surface area (Å²) in [5, 5.41) is 0.841. The molecule has 3 aliphatic rings. The summed E-state index contributed by atoms with van der Waals surface area (Å²) in [6.07, 6.45) is 2.88. The average molecular weight is 363 g/mol. The van der Waals surface area contributed by atoms with Gasteiger partial charge in [0, 0.05) is 10.0 Å². The fourth-order valence-electron chi connectivity index (χ4n) is 3.21. The number of ether oxygens (including phenoxy) is 1. The van der Waals surface area contributed by atoms with Gasteiger partial charge in [-0.1, -0.05) is 34.1 Å². The highest BCUT2D eigenvalue weighted by molar-refractivity contribution is 9.10. The van der Waals surface area contributed by atoms with Gasteiger partial charge in [0.2, 0.25) is 0 Å². The van der Waals surface area contributed by atoms with Crippen LogP contribution in [0.5, 0.6) is 0 Å². The quantitative estimate of drug-likeness (QED) is 0.629. The number of hydrogen-bond donors (Lipinski definition) is 1. The van der Waals surface area contributed by atoms with E-state index in [9.17, 15) is 14.4 Å². The summed E-state index contributed by atoms with van der Waals surface area (Å²) in [5.41, 5.74) is 2.78. The standard InChI is InChI=1S/C15H11BrN2O4/c16-8-3-1-2-7(6-8)13(19)17-18-14(20)11-9-4-5-10(22-9)12(11)15(18)21/h1-6,9-12H,(H,17,19)/t9-,10-,11-,12+/m0/s1. The summed E-state index contributed by atoms with van der Waals surface area (Å²) in [5.74, 6) is -2.36. The lowest BCUT2D eigenvalue weighted by Gasteiger charge is -2.18. The number of imide groups is 1. The minimum atomic E-state index is -0.523. The van der Waals surface area contributed by atoms with Crippen molar-refractivity contribution in [1.29, 1.82) is 0 Å². The van der Waals surface area contributed by atoms with Crippen LogP contribution in [0.25, 0.3) is 0 Å². The zero-order valence-corrected chi connectivity index (χ0v) is 12.8. The highest BCUT2D eigenvalue weighted by Gasteiger charge is 2.61. The van der Waals surface area contributed by atoms with Gasteiger partial charge in [-0.15, -0.1) is 0 Å². The summed E-state index contributed by atoms with van der Waals surface area (Å²) >= 11 is 3.28. The molecular formula is C15H11BrN2O4. The van der Waals surface area contributed by atoms with E-state index < -0.39 is 29.6 Å². The smallest absolute Gasteiger partial charge is 0.270 e. The highest BCUT2D eigenvalue weighted by atomic mass is 79.9. The third-order valence-electron chi connectivity index (χ3n) is 4.21. The van der Waals surface area contributed by atoms with Crippen LogP contribution in [0.15, 0.2) is 40.9 Å². The first-order valence-corrected chi connectivity index (χ1v) is 7.64. The summed E-state index contributed by atoms with van der Waals surface area (Å²) < 4.78 is 6.28. The molecule has 0 aliphatic carbocycles. The number of carbonyl (C=O) groups excluding carboxylic acids is 3. The number of hydrazine groups is 1. The Morgan fingerprint density at radius 2 is 1.77 bits per heavy atom. The Morgan fingerprint density at radius 1 is 1.14 bits per heavy atom. The van der Waals surface area contributed by atoms with E-state index in [1.807, 2.05) is 0 Å². The number of hydrogen-bond acceptors (Lipinski definition) is 4. The number of fused-ring (bicyclic) bond motifs is 5. The number of carbonyl (C=O) groups is 3. The Balaban J connectivity index is 1.56. The first-order chi connectivity index (χ1) is 10.6. The lowest BCUT2D eigenvalue weighted by atomic mass is 9.85. The highest BCUT2D eigenvalue weighted by Crippen LogP contribution is 2.44. The molecule has 1 N–H and O–H groups in total. The van der Waals surface area contributed by atoms with Crippen LogP contribution in [0.1, 0.15) is 10.4 Å². The summed E-state index contributed by atoms with van der Waals surface area (Å²) in [6, 6.07) is 6.73. The number of amides is 3. The van der Waals surface area contributed by atoms with Crippen LogP contribution in [0.3, 0.4) is 0 Å². The van der Waals surface area contributed by atoms with E-state index in [1.54, 1.807) is 36.4 Å². The molecule has 0 spiro atoms. The van der Waals surface area contributed by atoms with Gasteiger partial charge in [-0.2, -0.15) is 5.01 Å². The predicted molar refractivity (Wildman–Crippen MR) is 78.2 cm³/mol. The fraction of sp³-hybridized carbons (Fsp3) is 0.267. The maximum atomic E-state index is 12.4. The van der Waals surface area contributed by atoms with Crippen LogP contribution in [0.2, 0.25) is 0 Å². The van der Waals surface area contributed by atoms with Crippen molar-refractivity contribution in [2.75, 3.05) is 0 Å². The fourth-order valence-corrected chi connectivity index (χ4v) is 3.61. The minimum Gasteiger partial charge on any atom is -0.365 e. The van der Waals surface area contributed by atoms with Crippen LogP contribution >= 0.6 is 15.9 Å². The third kappa shape index (κ3) is 1.85. The third-order valence-corrected chi connectivity index (χ3v) is 4.70. The zero-order valence-electron chi connectivity index (χ0n) is 11.2. The van der Waals surface area contributed by atoms with Gasteiger partial charge < -0.3 is 4.74 Å². The lowest BCUT2D eigenvalue weighted by molar-refractivity contribution is -0.145. The average Bonchev–Trinajstić information content (AvgIpc) is 3.17. The molecule has 6 nitrogen and oxygen atoms in total. The van der Waals surface area contributed by atoms with E-state index >= 15 is 0 Å². The van der Waals surface area contributed by atoms with Gasteiger partial charge in [0.25, 0.3) is 17.7 Å². The first kappa shape index (κ1) is 13.7. The molecule has 7 heteroatoms. The topological polar surface area (TPSA) is 75.7 Å². The van der Waals surface area contributed by atoms with Crippen molar-refractivity contribution in [2.45, 2.75) is 12.2 Å². The predicted octanol–water partition coefficient (Wildman–Crippen LogP) is 1.03. The van der Waals surface area contributed by atoms with Gasteiger partial charge >= 0.3 is 0 Å². The van der Waals surface area contributed by atoms with E-state index in [-0.39, 0.29) is 12.2 Å². The monoisotopic (exact) mass is 362 g/mol. The Kier molecular flexibility index (Phi) is 2.95. The molecule has 0 aromatic heterocycles. The summed E-state index contributed by atoms with van der Waals surface area (Å²) in [6.45, 7) is 0. The van der Waals surface area contributed by atoms with Crippen LogP contribution in [0, 0.1) is 11.8 Å². The molecule has 0 saturated carbocycles. The summed E-state index contributed by atoms with van der Waals surface area (Å²) in [7, 11) is 0. The molecule has 4 atom stereocenters. The second-order valence-electron chi connectivity index (χ2n) is 5.46. The summed E-state index contributed by atoms with van der Waals surface area (Å²) in [4.78, 5) is 37.0. The molecule has 112 valence electrons. The van der Waals surface area contributed by atoms with Crippen molar-refractivity contribution in [3.8, 4) is 0 Å². The number of benzene rings is 1. The van der Waals surface area contributed by atoms with Crippen molar-refractivity contribution >= 4 is 33.7 Å². The Hall–Kier alpha value is -1.99. The van der Waals surface area contributed by atoms with Gasteiger partial charge in [-0.05, 0) is 18.2 Å². The largest absolute Gasteiger partial charge is 0.365 e. The van der Waals surface area contributed by atoms with Crippen molar-refractivity contribution < 1.29 is 19.1 Å². The minimum absolute atomic E-state index is 0.362. The van der Waals surface area contributed by atoms with E-state index in [2.05, 4.69) is 21.4 Å². The molecule has 2 saturated heterocycles. The van der Waals surface area contributed by atoms with Crippen molar-refractivity contribution in [1.82, 2.24) is 10.4 Å². The normalized spacial score (nSPS) is 31.8. The van der Waals surface area contributed by atoms with Gasteiger partial charge in [0.15, 0.2) is 0 Å². The molecule has 0 radical (unpaired) electrons. The van der Waals surface area contributed by atoms with Crippen LogP contribution in [-0.2, 0) is 14.3 Å². The molecule has 3 aliphatic heterocycles. The maximum Gasteiger partial charge on any atom is 0.270 e. The molecule has 1 aromatic rings. The number of nitrogens with one attached hydrogen (secondary N) is 1. The van der Waals surface area contributed by atoms with Gasteiger partial charge in [0.1, 0.15) is 0 Å². The van der Waals surface area contributed by atoms with E-state index in [4.69, 9.17) is 4.74 Å². The van der Waals surface area contributed by atoms with Gasteiger partial charge in [0.05, 0.1) is 24.0 Å². The molecule has 2 fully saturated rings. The van der Waals surface area contributed by atoms with E-state index in [0.29, 0.717) is 5.56 Å². The molecule has 22 heavy (non-hydrogen) atoms. The van der Waals surface area contributed by atoms with Crippen LogP contribution in [0.4, 0.5) is 0 Å². The maximum absolute atomic E-state index is 12.4. The van der Waals surface area contributed by atoms with E-state index in [1.165, 1.54) is 0 Å². The first-order valence-electron chi connectivity index (χ1n) is 6.84. The second kappa shape index (κ2) is 4.76. The van der Waals surface area contributed by atoms with Crippen molar-refractivity contribution in [2.24, 2.45) is 11.8 Å². The van der Waals surface area contributed by atoms with Crippen molar-refractivity contribution in [3.63, 3.8) is 0 Å². The Bertz CT molecular complexity index is 702. The van der Waals surface area contributed by atoms with E-state index in [0.717, 1.165) is 9.48 Å². The molecule has 0 unspecified atom stereocenters. The molecule has 4 rings (SSSR count). The lowest BCUT2D eigenvalue weighted by Crippen LogP contribution is -2.47. The number of halogens is 1. The number of nitrogens with zero attached hydrogens (tertiary/aromatic N) is 1. The number of rotatable bonds is 2. The molecule has 2 bridgehead atoms. The van der Waals surface area contributed by atoms with Crippen molar-refractivity contribution in [3.05, 3.63) is 46.5 Å². The Labute approximate surface area is 134 Å². The molecular weight excluding hydrogens is 352 g/mol. The van der Waals surface area contributed by atoms with Crippen LogP contribution in [-0.4, -0.2) is 34.9 Å². The van der Waals surface area contributed by atoms with Gasteiger partial charge in [-0.25, -0.2) is 0 Å². The molecule has 1 aromatic carbocycles. The molecule has 3 amide bonds. The SMILES string of the molecule is O=C(NN1C(=O)[C@@H]2[C@H](C1=O)[C@@H]1C=C[C@@H]2O1)c1cccc(Br)c1. The molecule has 3 heterocycles.